The van der Waals surface area contributed by atoms with Gasteiger partial charge >= 0.3 is 18.6 Å². The second kappa shape index (κ2) is 9.05. The molecule has 4 heteroatoms. The molecule has 0 bridgehead atoms. The molecule has 0 spiro atoms. The second-order valence-corrected chi connectivity index (χ2v) is 1.92. The van der Waals surface area contributed by atoms with Crippen LogP contribution in [0.4, 0.5) is 0 Å². The Labute approximate surface area is 86.7 Å². The molecule has 2 N–H and O–H groups in total. The summed E-state index contributed by atoms with van der Waals surface area (Å²) < 4.78 is 0. The molecule has 0 aliphatic heterocycles. The number of hydrogen-bond acceptors (Lipinski definition) is 2. The van der Waals surface area contributed by atoms with E-state index in [9.17, 15) is 5.11 Å². The van der Waals surface area contributed by atoms with Crippen LogP contribution >= 0.6 is 0 Å². The van der Waals surface area contributed by atoms with E-state index < -0.39 is 6.10 Å². The Kier molecular flexibility index (Phi) is 10.9. The van der Waals surface area contributed by atoms with Crippen molar-refractivity contribution in [2.45, 2.75) is 13.0 Å². The van der Waals surface area contributed by atoms with Crippen LogP contribution in [0.1, 0.15) is 6.92 Å². The Morgan fingerprint density at radius 3 is 2.67 bits per heavy atom. The van der Waals surface area contributed by atoms with Crippen LogP contribution < -0.4 is 0 Å². The zero-order valence-corrected chi connectivity index (χ0v) is 8.33. The first-order valence-electron chi connectivity index (χ1n) is 3.34. The fourth-order valence-corrected chi connectivity index (χ4v) is 0.626. The van der Waals surface area contributed by atoms with Gasteiger partial charge in [0.1, 0.15) is 0 Å². The van der Waals surface area contributed by atoms with Crippen molar-refractivity contribution in [2.24, 2.45) is 0 Å². The zero-order valence-electron chi connectivity index (χ0n) is 6.94. The predicted molar refractivity (Wildman–Crippen MR) is 44.7 cm³/mol. The van der Waals surface area contributed by atoms with Gasteiger partial charge in [0.2, 0.25) is 0 Å². The standard InChI is InChI=1S/C8H11BO2.V/c1-2-3-7(6-9)8(11)4-5-10;/h2,4,6,8,10-11H,5H2,1H3;/q-2;+2/t3?,8-;/m1./s1. The van der Waals surface area contributed by atoms with Gasteiger partial charge in [0.15, 0.2) is 0 Å². The van der Waals surface area contributed by atoms with Gasteiger partial charge < -0.3 is 15.9 Å². The topological polar surface area (TPSA) is 40.5 Å². The summed E-state index contributed by atoms with van der Waals surface area (Å²) in [6, 6.07) is 0. The van der Waals surface area contributed by atoms with Gasteiger partial charge in [0.25, 0.3) is 0 Å². The molecule has 0 saturated heterocycles. The molecule has 0 aliphatic rings. The molecule has 0 aromatic carbocycles. The van der Waals surface area contributed by atoms with Crippen LogP contribution in [-0.4, -0.2) is 30.8 Å². The van der Waals surface area contributed by atoms with Crippen molar-refractivity contribution in [3.05, 3.63) is 30.1 Å². The number of rotatable bonds is 4. The minimum absolute atomic E-state index is 0. The van der Waals surface area contributed by atoms with Gasteiger partial charge in [0.05, 0.1) is 0 Å². The maximum atomic E-state index is 9.19. The van der Waals surface area contributed by atoms with Crippen LogP contribution in [0.2, 0.25) is 0 Å². The Bertz CT molecular complexity index is 164. The van der Waals surface area contributed by atoms with Crippen molar-refractivity contribution in [1.29, 1.82) is 0 Å². The average Bonchev–Trinajstić information content (AvgIpc) is 2.00. The van der Waals surface area contributed by atoms with Crippen molar-refractivity contribution < 1.29 is 28.8 Å². The monoisotopic (exact) mass is 201 g/mol. The molecule has 0 aromatic heterocycles. The largest absolute Gasteiger partial charge is 2.00 e. The Morgan fingerprint density at radius 2 is 2.33 bits per heavy atom. The zero-order chi connectivity index (χ0) is 8.69. The normalized spacial score (nSPS) is 10.6. The van der Waals surface area contributed by atoms with Crippen molar-refractivity contribution in [2.75, 3.05) is 6.61 Å². The molecule has 1 atom stereocenters. The fraction of sp³-hybridized carbons (Fsp3) is 0.375. The van der Waals surface area contributed by atoms with E-state index in [4.69, 9.17) is 13.0 Å². The molecule has 0 aliphatic carbocycles. The van der Waals surface area contributed by atoms with Crippen LogP contribution in [0.3, 0.4) is 0 Å². The van der Waals surface area contributed by atoms with Crippen molar-refractivity contribution in [1.82, 2.24) is 0 Å². The molecule has 0 aromatic rings. The summed E-state index contributed by atoms with van der Waals surface area (Å²) in [5.74, 6) is 0. The number of aliphatic hydroxyl groups excluding tert-OH is 2. The van der Waals surface area contributed by atoms with Crippen LogP contribution in [0.25, 0.3) is 0 Å². The summed E-state index contributed by atoms with van der Waals surface area (Å²) in [5.41, 5.74) is 3.20. The van der Waals surface area contributed by atoms with Gasteiger partial charge in [-0.2, -0.15) is 5.57 Å². The maximum Gasteiger partial charge on any atom is 2.00 e. The Hall–Kier alpha value is -0.0406. The van der Waals surface area contributed by atoms with E-state index in [-0.39, 0.29) is 25.2 Å². The molecule has 0 rings (SSSR count). The molecular formula is C8H11BO2V. The maximum absolute atomic E-state index is 9.19. The third-order valence-electron chi connectivity index (χ3n) is 1.14. The Balaban J connectivity index is 0. The summed E-state index contributed by atoms with van der Waals surface area (Å²) in [6.07, 6.45) is 3.40. The summed E-state index contributed by atoms with van der Waals surface area (Å²) >= 11 is 0. The minimum Gasteiger partial charge on any atom is -0.428 e. The third kappa shape index (κ3) is 5.59. The molecule has 2 nitrogen and oxygen atoms in total. The molecule has 0 fully saturated rings. The molecule has 0 heterocycles. The Morgan fingerprint density at radius 1 is 1.75 bits per heavy atom. The van der Waals surface area contributed by atoms with E-state index in [1.165, 1.54) is 12.7 Å². The average molecular weight is 201 g/mol. The molecule has 3 radical (unpaired) electrons. The van der Waals surface area contributed by atoms with Gasteiger partial charge in [-0.25, -0.2) is 0 Å². The van der Waals surface area contributed by atoms with Gasteiger partial charge in [-0.3, -0.25) is 12.7 Å². The summed E-state index contributed by atoms with van der Waals surface area (Å²) in [7, 11) is 5.18. The fourth-order valence-electron chi connectivity index (χ4n) is 0.626. The van der Waals surface area contributed by atoms with Crippen LogP contribution in [0, 0.1) is 12.7 Å². The summed E-state index contributed by atoms with van der Waals surface area (Å²) in [6.45, 7) is 1.60. The summed E-state index contributed by atoms with van der Waals surface area (Å²) in [4.78, 5) is 0. The van der Waals surface area contributed by atoms with Crippen LogP contribution in [-0.2, 0) is 18.6 Å². The molecule has 0 unspecified atom stereocenters. The van der Waals surface area contributed by atoms with Crippen LogP contribution in [0.15, 0.2) is 17.4 Å². The third-order valence-corrected chi connectivity index (χ3v) is 1.14. The van der Waals surface area contributed by atoms with E-state index >= 15 is 0 Å². The second-order valence-electron chi connectivity index (χ2n) is 1.92. The van der Waals surface area contributed by atoms with E-state index in [0.29, 0.717) is 5.57 Å². The van der Waals surface area contributed by atoms with Gasteiger partial charge in [-0.15, -0.1) is 6.08 Å². The van der Waals surface area contributed by atoms with E-state index in [2.05, 4.69) is 5.73 Å². The van der Waals surface area contributed by atoms with Crippen molar-refractivity contribution in [3.8, 4) is 0 Å². The van der Waals surface area contributed by atoms with E-state index in [1.54, 1.807) is 13.0 Å². The van der Waals surface area contributed by atoms with Crippen molar-refractivity contribution >= 4 is 7.85 Å². The first kappa shape index (κ1) is 14.5. The molecule has 0 amide bonds. The van der Waals surface area contributed by atoms with Gasteiger partial charge in [0, 0.05) is 0 Å². The molecule has 63 valence electrons. The van der Waals surface area contributed by atoms with E-state index in [0.717, 1.165) is 0 Å². The molecule has 12 heavy (non-hydrogen) atoms. The number of aliphatic hydroxyl groups is 2. The SMILES string of the molecule is [B][CH-]C(=C=CC)[C@H](O)[CH-]CO.[V+2]. The summed E-state index contributed by atoms with van der Waals surface area (Å²) in [5, 5.41) is 17.6. The number of hydrogen-bond donors (Lipinski definition) is 2. The first-order valence-corrected chi connectivity index (χ1v) is 3.34. The van der Waals surface area contributed by atoms with Crippen LogP contribution in [0.5, 0.6) is 0 Å². The quantitative estimate of drug-likeness (QED) is 0.381. The first-order chi connectivity index (χ1) is 5.26. The smallest absolute Gasteiger partial charge is 0.428 e. The van der Waals surface area contributed by atoms with Gasteiger partial charge in [-0.05, 0) is 7.85 Å². The molecule has 0 saturated carbocycles. The predicted octanol–water partition coefficient (Wildman–Crippen LogP) is -0.0269. The van der Waals surface area contributed by atoms with E-state index in [1.807, 2.05) is 0 Å². The minimum atomic E-state index is -0.832. The van der Waals surface area contributed by atoms with Crippen molar-refractivity contribution in [3.63, 3.8) is 0 Å². The van der Waals surface area contributed by atoms with Gasteiger partial charge in [-0.1, -0.05) is 19.6 Å². The molecular weight excluding hydrogens is 190 g/mol.